The van der Waals surface area contributed by atoms with Crippen LogP contribution in [-0.2, 0) is 15.7 Å². The van der Waals surface area contributed by atoms with Gasteiger partial charge in [0, 0.05) is 57.7 Å². The minimum Gasteiger partial charge on any atom is -0.458 e. The summed E-state index contributed by atoms with van der Waals surface area (Å²) in [6.07, 6.45) is 1.10. The highest BCUT2D eigenvalue weighted by Gasteiger charge is 2.58. The molecule has 0 bridgehead atoms. The predicted octanol–water partition coefficient (Wildman–Crippen LogP) is 5.81. The van der Waals surface area contributed by atoms with Crippen LogP contribution >= 0.6 is 0 Å². The van der Waals surface area contributed by atoms with Gasteiger partial charge in [0.25, 0.3) is 0 Å². The Labute approximate surface area is 237 Å². The van der Waals surface area contributed by atoms with Crippen molar-refractivity contribution in [3.63, 3.8) is 0 Å². The molecule has 0 aromatic carbocycles. The largest absolute Gasteiger partial charge is 0.458 e. The summed E-state index contributed by atoms with van der Waals surface area (Å²) >= 11 is 0. The van der Waals surface area contributed by atoms with E-state index in [9.17, 15) is 23.1 Å². The smallest absolute Gasteiger partial charge is 0.417 e. The number of fused-ring (bicyclic) bond motifs is 1. The molecule has 3 aliphatic rings. The van der Waals surface area contributed by atoms with Gasteiger partial charge in [0.1, 0.15) is 11.9 Å². The number of carbonyl (C=O) groups excluding carboxylic acids is 1. The fourth-order valence-corrected chi connectivity index (χ4v) is 7.59. The molecule has 1 aromatic heterocycles. The van der Waals surface area contributed by atoms with Crippen molar-refractivity contribution in [2.45, 2.75) is 78.7 Å². The van der Waals surface area contributed by atoms with Gasteiger partial charge in [0.15, 0.2) is 0 Å². The van der Waals surface area contributed by atoms with Gasteiger partial charge in [-0.1, -0.05) is 33.8 Å². The molecule has 2 aliphatic carbocycles. The number of ether oxygens (including phenoxy) is 1. The van der Waals surface area contributed by atoms with E-state index in [4.69, 9.17) is 4.74 Å². The van der Waals surface area contributed by atoms with Crippen LogP contribution in [0.5, 0.6) is 0 Å². The van der Waals surface area contributed by atoms with Gasteiger partial charge in [-0.05, 0) is 67.6 Å². The minimum atomic E-state index is -4.38. The molecule has 7 atom stereocenters. The molecule has 4 rings (SSSR count). The van der Waals surface area contributed by atoms with E-state index in [2.05, 4.69) is 43.7 Å². The number of aromatic nitrogens is 1. The highest BCUT2D eigenvalue weighted by molar-refractivity contribution is 5.66. The van der Waals surface area contributed by atoms with E-state index < -0.39 is 23.4 Å². The maximum absolute atomic E-state index is 12.9. The van der Waals surface area contributed by atoms with Crippen molar-refractivity contribution in [2.75, 3.05) is 37.6 Å². The van der Waals surface area contributed by atoms with E-state index in [0.717, 1.165) is 56.7 Å². The van der Waals surface area contributed by atoms with E-state index in [-0.39, 0.29) is 23.7 Å². The highest BCUT2D eigenvalue weighted by Crippen LogP contribution is 2.55. The van der Waals surface area contributed by atoms with Crippen LogP contribution in [0, 0.1) is 35.5 Å². The number of esters is 1. The lowest BCUT2D eigenvalue weighted by atomic mass is 9.52. The Hall–Kier alpha value is -2.13. The first-order chi connectivity index (χ1) is 18.7. The fourth-order valence-electron chi connectivity index (χ4n) is 7.59. The third-order valence-electron chi connectivity index (χ3n) is 9.64. The Bertz CT molecular complexity index is 1050. The molecule has 9 heteroatoms. The SMILES string of the molecule is CC(=O)O[C@H]1C(C)=C[C@@H]2[C@H]([C@@H](C)CN3CCN(c4ccc(C(F)(F)F)cn4)CC3)CC[C@@H](C)[C@]2(O)[C@H]1CC(C)C. The molecule has 224 valence electrons. The number of rotatable bonds is 7. The van der Waals surface area contributed by atoms with Crippen LogP contribution in [0.2, 0.25) is 0 Å². The van der Waals surface area contributed by atoms with Crippen molar-refractivity contribution in [1.29, 1.82) is 0 Å². The molecular weight excluding hydrogens is 519 g/mol. The van der Waals surface area contributed by atoms with E-state index >= 15 is 0 Å². The summed E-state index contributed by atoms with van der Waals surface area (Å²) in [5.74, 6) is 1.23. The topological polar surface area (TPSA) is 65.9 Å². The molecule has 1 aromatic rings. The summed E-state index contributed by atoms with van der Waals surface area (Å²) in [5, 5.41) is 12.5. The van der Waals surface area contributed by atoms with E-state index in [1.54, 1.807) is 0 Å². The Morgan fingerprint density at radius 3 is 2.40 bits per heavy atom. The first-order valence-corrected chi connectivity index (χ1v) is 14.8. The number of hydrogen-bond acceptors (Lipinski definition) is 6. The lowest BCUT2D eigenvalue weighted by Crippen LogP contribution is -2.62. The standard InChI is InChI=1S/C31H46F3N3O3/c1-19(2)15-27-29(40-23(6)38)20(3)16-26-25(9-7-22(5)30(26,27)39)21(4)18-36-11-13-37(14-12-36)28-10-8-24(17-35-28)31(32,33)34/h8,10,16-17,19,21-22,25-27,29,39H,7,9,11-15,18H2,1-6H3/t21-,22+,25-,26+,27-,29-,30+/m0/s1. The molecular formula is C31H46F3N3O3. The third-order valence-corrected chi connectivity index (χ3v) is 9.64. The van der Waals surface area contributed by atoms with Gasteiger partial charge in [-0.15, -0.1) is 0 Å². The lowest BCUT2D eigenvalue weighted by molar-refractivity contribution is -0.188. The average Bonchev–Trinajstić information content (AvgIpc) is 2.88. The van der Waals surface area contributed by atoms with Crippen molar-refractivity contribution in [3.8, 4) is 0 Å². The summed E-state index contributed by atoms with van der Waals surface area (Å²) in [6.45, 7) is 16.2. The molecule has 1 aliphatic heterocycles. The van der Waals surface area contributed by atoms with Crippen LogP contribution < -0.4 is 4.90 Å². The van der Waals surface area contributed by atoms with Gasteiger partial charge in [-0.3, -0.25) is 9.69 Å². The number of anilines is 1. The number of aliphatic hydroxyl groups is 1. The molecule has 1 N–H and O–H groups in total. The van der Waals surface area contributed by atoms with Crippen molar-refractivity contribution >= 4 is 11.8 Å². The molecule has 0 radical (unpaired) electrons. The Balaban J connectivity index is 1.45. The maximum atomic E-state index is 12.9. The number of halogens is 3. The number of hydrogen-bond donors (Lipinski definition) is 1. The van der Waals surface area contributed by atoms with Crippen LogP contribution in [0.4, 0.5) is 19.0 Å². The van der Waals surface area contributed by atoms with Crippen LogP contribution in [0.1, 0.15) is 66.4 Å². The van der Waals surface area contributed by atoms with Crippen LogP contribution in [0.3, 0.4) is 0 Å². The molecule has 2 fully saturated rings. The minimum absolute atomic E-state index is 0.000514. The maximum Gasteiger partial charge on any atom is 0.417 e. The summed E-state index contributed by atoms with van der Waals surface area (Å²) in [5.41, 5.74) is -0.625. The first kappa shape index (κ1) is 30.8. The summed E-state index contributed by atoms with van der Waals surface area (Å²) in [6, 6.07) is 2.56. The second kappa shape index (κ2) is 12.0. The van der Waals surface area contributed by atoms with Gasteiger partial charge in [-0.25, -0.2) is 4.98 Å². The van der Waals surface area contributed by atoms with Gasteiger partial charge < -0.3 is 14.7 Å². The number of nitrogens with zero attached hydrogens (tertiary/aromatic N) is 3. The first-order valence-electron chi connectivity index (χ1n) is 14.8. The van der Waals surface area contributed by atoms with Crippen molar-refractivity contribution in [2.24, 2.45) is 35.5 Å². The zero-order chi connectivity index (χ0) is 29.4. The summed E-state index contributed by atoms with van der Waals surface area (Å²) < 4.78 is 44.5. The zero-order valence-corrected chi connectivity index (χ0v) is 24.7. The zero-order valence-electron chi connectivity index (χ0n) is 24.7. The second-order valence-electron chi connectivity index (χ2n) is 12.9. The second-order valence-corrected chi connectivity index (χ2v) is 12.9. The molecule has 6 nitrogen and oxygen atoms in total. The van der Waals surface area contributed by atoms with E-state index in [1.807, 2.05) is 11.8 Å². The molecule has 1 saturated carbocycles. The fraction of sp³-hybridized carbons (Fsp3) is 0.742. The van der Waals surface area contributed by atoms with Crippen molar-refractivity contribution in [3.05, 3.63) is 35.5 Å². The molecule has 1 saturated heterocycles. The predicted molar refractivity (Wildman–Crippen MR) is 150 cm³/mol. The van der Waals surface area contributed by atoms with Crippen LogP contribution in [-0.4, -0.2) is 65.4 Å². The van der Waals surface area contributed by atoms with Gasteiger partial charge in [0.2, 0.25) is 0 Å². The normalized spacial score (nSPS) is 32.4. The van der Waals surface area contributed by atoms with E-state index in [1.165, 1.54) is 13.0 Å². The van der Waals surface area contributed by atoms with Crippen LogP contribution in [0.25, 0.3) is 0 Å². The molecule has 40 heavy (non-hydrogen) atoms. The van der Waals surface area contributed by atoms with E-state index in [0.29, 0.717) is 36.7 Å². The number of alkyl halides is 3. The Morgan fingerprint density at radius 1 is 1.18 bits per heavy atom. The molecule has 0 spiro atoms. The Morgan fingerprint density at radius 2 is 1.85 bits per heavy atom. The Kier molecular flexibility index (Phi) is 9.25. The van der Waals surface area contributed by atoms with Crippen molar-refractivity contribution < 1.29 is 27.8 Å². The lowest BCUT2D eigenvalue weighted by Gasteiger charge is -2.57. The van der Waals surface area contributed by atoms with Gasteiger partial charge in [-0.2, -0.15) is 13.2 Å². The third kappa shape index (κ3) is 6.35. The number of piperazine rings is 1. The molecule has 0 unspecified atom stereocenters. The molecule has 0 amide bonds. The summed E-state index contributed by atoms with van der Waals surface area (Å²) in [7, 11) is 0. The number of pyridine rings is 1. The monoisotopic (exact) mass is 565 g/mol. The van der Waals surface area contributed by atoms with Gasteiger partial charge in [0.05, 0.1) is 11.2 Å². The molecule has 2 heterocycles. The highest BCUT2D eigenvalue weighted by atomic mass is 19.4. The quantitative estimate of drug-likeness (QED) is 0.333. The van der Waals surface area contributed by atoms with Gasteiger partial charge >= 0.3 is 12.1 Å². The summed E-state index contributed by atoms with van der Waals surface area (Å²) in [4.78, 5) is 20.5. The average molecular weight is 566 g/mol. The van der Waals surface area contributed by atoms with Crippen LogP contribution in [0.15, 0.2) is 30.0 Å². The van der Waals surface area contributed by atoms with Crippen molar-refractivity contribution in [1.82, 2.24) is 9.88 Å². The number of carbonyl (C=O) groups is 1.